The van der Waals surface area contributed by atoms with Crippen molar-refractivity contribution in [2.24, 2.45) is 5.73 Å². The van der Waals surface area contributed by atoms with Crippen LogP contribution < -0.4 is 5.73 Å². The monoisotopic (exact) mass is 133 g/mol. The molecular weight excluding hydrogens is 121 g/mol. The molecule has 0 saturated heterocycles. The Labute approximate surface area is 53.9 Å². The van der Waals surface area contributed by atoms with Gasteiger partial charge in [-0.2, -0.15) is 0 Å². The quantitative estimate of drug-likeness (QED) is 0.495. The highest BCUT2D eigenvalue weighted by Crippen LogP contribution is 2.31. The van der Waals surface area contributed by atoms with Gasteiger partial charge in [-0.3, -0.25) is 0 Å². The summed E-state index contributed by atoms with van der Waals surface area (Å²) in [6, 6.07) is -0.361. The zero-order valence-electron chi connectivity index (χ0n) is 5.47. The van der Waals surface area contributed by atoms with Gasteiger partial charge in [0.2, 0.25) is 0 Å². The maximum atomic E-state index is 12.9. The molecule has 0 bridgehead atoms. The van der Waals surface area contributed by atoms with Crippen molar-refractivity contribution in [1.82, 2.24) is 0 Å². The Bertz CT molecular complexity index is 104. The summed E-state index contributed by atoms with van der Waals surface area (Å²) >= 11 is 0. The normalized spacial score (nSPS) is 52.0. The van der Waals surface area contributed by atoms with Crippen molar-refractivity contribution in [3.05, 3.63) is 0 Å². The van der Waals surface area contributed by atoms with Gasteiger partial charge in [-0.1, -0.05) is 0 Å². The van der Waals surface area contributed by atoms with Crippen LogP contribution in [0.25, 0.3) is 0 Å². The molecule has 1 unspecified atom stereocenters. The Morgan fingerprint density at radius 3 is 2.33 bits per heavy atom. The Hall–Kier alpha value is -0.150. The average Bonchev–Trinajstić information content (AvgIpc) is 1.79. The number of nitrogens with two attached hydrogens (primary N) is 1. The molecule has 1 aliphatic rings. The second kappa shape index (κ2) is 1.92. The lowest BCUT2D eigenvalue weighted by Crippen LogP contribution is -2.28. The lowest BCUT2D eigenvalue weighted by atomic mass is 10.1. The first-order valence-corrected chi connectivity index (χ1v) is 3.14. The molecule has 3 heteroatoms. The molecule has 0 aromatic heterocycles. The second-order valence-corrected chi connectivity index (χ2v) is 3.05. The van der Waals surface area contributed by atoms with Crippen molar-refractivity contribution in [2.45, 2.75) is 37.6 Å². The minimum absolute atomic E-state index is 0.189. The molecule has 3 N–H and O–H groups in total. The predicted octanol–water partition coefficient (Wildman–Crippen LogP) is 0.197. The largest absolute Gasteiger partial charge is 0.391 e. The number of rotatable bonds is 0. The molecule has 0 aromatic carbocycles. The van der Waals surface area contributed by atoms with Crippen LogP contribution in [0, 0.1) is 0 Å². The van der Waals surface area contributed by atoms with Crippen LogP contribution in [-0.2, 0) is 0 Å². The minimum atomic E-state index is -1.24. The molecular formula is C6H12FNO. The van der Waals surface area contributed by atoms with Crippen LogP contribution in [0.5, 0.6) is 0 Å². The molecule has 0 heterocycles. The highest BCUT2D eigenvalue weighted by molar-refractivity contribution is 4.94. The molecule has 0 spiro atoms. The number of halogens is 1. The predicted molar refractivity (Wildman–Crippen MR) is 32.7 cm³/mol. The fraction of sp³-hybridized carbons (Fsp3) is 1.00. The summed E-state index contributed by atoms with van der Waals surface area (Å²) in [7, 11) is 0. The molecule has 1 aliphatic carbocycles. The fourth-order valence-electron chi connectivity index (χ4n) is 1.30. The van der Waals surface area contributed by atoms with E-state index in [4.69, 9.17) is 10.8 Å². The van der Waals surface area contributed by atoms with Gasteiger partial charge >= 0.3 is 0 Å². The molecule has 0 aliphatic heterocycles. The zero-order chi connectivity index (χ0) is 7.07. The van der Waals surface area contributed by atoms with Crippen LogP contribution in [0.3, 0.4) is 0 Å². The summed E-state index contributed by atoms with van der Waals surface area (Å²) in [4.78, 5) is 0. The third kappa shape index (κ3) is 1.40. The molecule has 1 fully saturated rings. The van der Waals surface area contributed by atoms with Gasteiger partial charge in [-0.05, 0) is 13.3 Å². The lowest BCUT2D eigenvalue weighted by molar-refractivity contribution is 0.133. The van der Waals surface area contributed by atoms with Gasteiger partial charge < -0.3 is 10.8 Å². The summed E-state index contributed by atoms with van der Waals surface area (Å²) in [5.74, 6) is 0. The summed E-state index contributed by atoms with van der Waals surface area (Å²) < 4.78 is 12.9. The van der Waals surface area contributed by atoms with E-state index in [1.54, 1.807) is 0 Å². The van der Waals surface area contributed by atoms with Crippen molar-refractivity contribution in [2.75, 3.05) is 0 Å². The van der Waals surface area contributed by atoms with Crippen LogP contribution >= 0.6 is 0 Å². The first-order valence-electron chi connectivity index (χ1n) is 3.14. The van der Waals surface area contributed by atoms with E-state index < -0.39 is 11.8 Å². The van der Waals surface area contributed by atoms with Crippen molar-refractivity contribution in [1.29, 1.82) is 0 Å². The highest BCUT2D eigenvalue weighted by atomic mass is 19.1. The number of aliphatic hydroxyl groups excluding tert-OH is 1. The second-order valence-electron chi connectivity index (χ2n) is 3.05. The van der Waals surface area contributed by atoms with Crippen molar-refractivity contribution in [3.63, 3.8) is 0 Å². The van der Waals surface area contributed by atoms with E-state index in [1.807, 2.05) is 0 Å². The summed E-state index contributed by atoms with van der Waals surface area (Å²) in [5.41, 5.74) is 4.13. The van der Waals surface area contributed by atoms with Crippen molar-refractivity contribution < 1.29 is 9.50 Å². The first kappa shape index (κ1) is 6.96. The third-order valence-corrected chi connectivity index (χ3v) is 1.79. The average molecular weight is 133 g/mol. The van der Waals surface area contributed by atoms with Crippen LogP contribution in [-0.4, -0.2) is 22.9 Å². The zero-order valence-corrected chi connectivity index (χ0v) is 5.47. The number of alkyl halides is 1. The van der Waals surface area contributed by atoms with Crippen LogP contribution in [0.15, 0.2) is 0 Å². The number of hydrogen-bond acceptors (Lipinski definition) is 2. The van der Waals surface area contributed by atoms with Crippen LogP contribution in [0.2, 0.25) is 0 Å². The van der Waals surface area contributed by atoms with E-state index in [1.165, 1.54) is 6.92 Å². The van der Waals surface area contributed by atoms with Gasteiger partial charge in [0.15, 0.2) is 0 Å². The first-order chi connectivity index (χ1) is 4.01. The van der Waals surface area contributed by atoms with Crippen LogP contribution in [0.4, 0.5) is 4.39 Å². The van der Waals surface area contributed by atoms with E-state index in [0.29, 0.717) is 0 Å². The standard InChI is InChI=1S/C6H12FNO/c1-6(7)2-4(8)5(9)3-6/h4-5,9H,2-3,8H2,1H3/t4-,5-,6?/m0/s1. The molecule has 0 radical (unpaired) electrons. The molecule has 0 aromatic rings. The van der Waals surface area contributed by atoms with E-state index in [9.17, 15) is 4.39 Å². The van der Waals surface area contributed by atoms with Crippen molar-refractivity contribution in [3.8, 4) is 0 Å². The topological polar surface area (TPSA) is 46.2 Å². The van der Waals surface area contributed by atoms with Gasteiger partial charge in [-0.25, -0.2) is 4.39 Å². The Kier molecular flexibility index (Phi) is 1.49. The maximum absolute atomic E-state index is 12.9. The summed E-state index contributed by atoms with van der Waals surface area (Å²) in [6.45, 7) is 1.48. The van der Waals surface area contributed by atoms with Gasteiger partial charge in [0.1, 0.15) is 5.67 Å². The number of hydrogen-bond donors (Lipinski definition) is 2. The maximum Gasteiger partial charge on any atom is 0.112 e. The van der Waals surface area contributed by atoms with Gasteiger partial charge in [0.25, 0.3) is 0 Å². The van der Waals surface area contributed by atoms with E-state index in [2.05, 4.69) is 0 Å². The minimum Gasteiger partial charge on any atom is -0.391 e. The fourth-order valence-corrected chi connectivity index (χ4v) is 1.30. The van der Waals surface area contributed by atoms with E-state index >= 15 is 0 Å². The SMILES string of the molecule is CC1(F)C[C@H](N)[C@@H](O)C1. The van der Waals surface area contributed by atoms with Gasteiger partial charge in [-0.15, -0.1) is 0 Å². The summed E-state index contributed by atoms with van der Waals surface area (Å²) in [6.07, 6.45) is -0.164. The highest BCUT2D eigenvalue weighted by Gasteiger charge is 2.39. The molecule has 54 valence electrons. The van der Waals surface area contributed by atoms with E-state index in [-0.39, 0.29) is 18.9 Å². The van der Waals surface area contributed by atoms with Crippen molar-refractivity contribution >= 4 is 0 Å². The Morgan fingerprint density at radius 1 is 1.67 bits per heavy atom. The molecule has 0 amide bonds. The third-order valence-electron chi connectivity index (χ3n) is 1.79. The van der Waals surface area contributed by atoms with Gasteiger partial charge in [0, 0.05) is 12.5 Å². The van der Waals surface area contributed by atoms with Crippen LogP contribution in [0.1, 0.15) is 19.8 Å². The molecule has 3 atom stereocenters. The summed E-state index contributed by atoms with van der Waals surface area (Å²) in [5, 5.41) is 8.97. The molecule has 2 nitrogen and oxygen atoms in total. The Morgan fingerprint density at radius 2 is 2.22 bits per heavy atom. The van der Waals surface area contributed by atoms with Gasteiger partial charge in [0.05, 0.1) is 6.10 Å². The van der Waals surface area contributed by atoms with E-state index in [0.717, 1.165) is 0 Å². The Balaban J connectivity index is 2.54. The molecule has 9 heavy (non-hydrogen) atoms. The molecule has 1 rings (SSSR count). The molecule has 1 saturated carbocycles. The smallest absolute Gasteiger partial charge is 0.112 e. The number of aliphatic hydroxyl groups is 1. The lowest BCUT2D eigenvalue weighted by Gasteiger charge is -2.09.